The van der Waals surface area contributed by atoms with Gasteiger partial charge in [-0.3, -0.25) is 9.78 Å². The van der Waals surface area contributed by atoms with Gasteiger partial charge in [0.15, 0.2) is 6.29 Å². The van der Waals surface area contributed by atoms with E-state index in [0.717, 1.165) is 28.5 Å². The minimum absolute atomic E-state index is 0.483. The Labute approximate surface area is 91.6 Å². The molecule has 0 aliphatic rings. The smallest absolute Gasteiger partial charge is 0.170 e. The first kappa shape index (κ1) is 9.03. The fourth-order valence-corrected chi connectivity index (χ4v) is 1.90. The molecule has 16 heavy (non-hydrogen) atoms. The van der Waals surface area contributed by atoms with E-state index in [1.807, 2.05) is 35.7 Å². The number of imidazole rings is 1. The molecule has 3 aromatic heterocycles. The summed E-state index contributed by atoms with van der Waals surface area (Å²) in [5.74, 6) is 0. The highest BCUT2D eigenvalue weighted by molar-refractivity contribution is 5.92. The van der Waals surface area contributed by atoms with Crippen molar-refractivity contribution in [3.63, 3.8) is 0 Å². The first-order valence-electron chi connectivity index (χ1n) is 4.99. The number of fused-ring (bicyclic) bond motifs is 3. The molecule has 3 rings (SSSR count). The van der Waals surface area contributed by atoms with Gasteiger partial charge in [0.2, 0.25) is 0 Å². The van der Waals surface area contributed by atoms with Crippen LogP contribution < -0.4 is 0 Å². The van der Waals surface area contributed by atoms with Crippen LogP contribution in [0.5, 0.6) is 0 Å². The van der Waals surface area contributed by atoms with Crippen LogP contribution in [0.15, 0.2) is 30.6 Å². The van der Waals surface area contributed by atoms with Crippen molar-refractivity contribution in [3.05, 3.63) is 42.0 Å². The van der Waals surface area contributed by atoms with Crippen LogP contribution in [0.4, 0.5) is 0 Å². The topological polar surface area (TPSA) is 47.3 Å². The predicted molar refractivity (Wildman–Crippen MR) is 60.6 cm³/mol. The SMILES string of the molecule is Cc1c(C=O)nc2c3cccnc3ccn12. The van der Waals surface area contributed by atoms with Crippen LogP contribution in [0.2, 0.25) is 0 Å². The van der Waals surface area contributed by atoms with E-state index in [0.29, 0.717) is 5.69 Å². The van der Waals surface area contributed by atoms with E-state index < -0.39 is 0 Å². The number of hydrogen-bond acceptors (Lipinski definition) is 3. The molecule has 0 radical (unpaired) electrons. The number of nitrogens with zero attached hydrogens (tertiary/aromatic N) is 3. The Morgan fingerprint density at radius 3 is 3.06 bits per heavy atom. The second-order valence-electron chi connectivity index (χ2n) is 3.65. The monoisotopic (exact) mass is 211 g/mol. The molecule has 0 amide bonds. The zero-order chi connectivity index (χ0) is 11.1. The molecule has 0 aliphatic heterocycles. The maximum atomic E-state index is 10.8. The van der Waals surface area contributed by atoms with Crippen LogP contribution in [0, 0.1) is 6.92 Å². The maximum Gasteiger partial charge on any atom is 0.170 e. The molecule has 0 aromatic carbocycles. The summed E-state index contributed by atoms with van der Waals surface area (Å²) in [6.07, 6.45) is 4.42. The van der Waals surface area contributed by atoms with Crippen molar-refractivity contribution >= 4 is 22.8 Å². The van der Waals surface area contributed by atoms with Crippen LogP contribution in [-0.2, 0) is 0 Å². The van der Waals surface area contributed by atoms with E-state index in [2.05, 4.69) is 9.97 Å². The van der Waals surface area contributed by atoms with Gasteiger partial charge in [0.05, 0.1) is 11.2 Å². The molecule has 0 spiro atoms. The number of aryl methyl sites for hydroxylation is 1. The van der Waals surface area contributed by atoms with Gasteiger partial charge in [0.25, 0.3) is 0 Å². The van der Waals surface area contributed by atoms with Crippen LogP contribution in [0.25, 0.3) is 16.6 Å². The van der Waals surface area contributed by atoms with Crippen LogP contribution in [0.1, 0.15) is 16.2 Å². The molecule has 0 bridgehead atoms. The lowest BCUT2D eigenvalue weighted by Crippen LogP contribution is -1.89. The summed E-state index contributed by atoms with van der Waals surface area (Å²) in [6, 6.07) is 5.75. The highest BCUT2D eigenvalue weighted by atomic mass is 16.1. The molecular formula is C12H9N3O. The van der Waals surface area contributed by atoms with Gasteiger partial charge in [-0.2, -0.15) is 0 Å². The summed E-state index contributed by atoms with van der Waals surface area (Å²) in [7, 11) is 0. The Bertz CT molecular complexity index is 700. The van der Waals surface area contributed by atoms with E-state index in [4.69, 9.17) is 0 Å². The Hall–Kier alpha value is -2.23. The molecule has 0 fully saturated rings. The number of pyridine rings is 2. The molecule has 3 heterocycles. The largest absolute Gasteiger partial charge is 0.303 e. The standard InChI is InChI=1S/C12H9N3O/c1-8-11(7-16)14-12-9-3-2-5-13-10(9)4-6-15(8)12/h2-7H,1H3. The van der Waals surface area contributed by atoms with E-state index in [1.54, 1.807) is 6.20 Å². The number of hydrogen-bond donors (Lipinski definition) is 0. The van der Waals surface area contributed by atoms with Crippen molar-refractivity contribution in [2.24, 2.45) is 0 Å². The Morgan fingerprint density at radius 2 is 2.25 bits per heavy atom. The number of aromatic nitrogens is 3. The third-order valence-corrected chi connectivity index (χ3v) is 2.76. The summed E-state index contributed by atoms with van der Waals surface area (Å²) >= 11 is 0. The summed E-state index contributed by atoms with van der Waals surface area (Å²) in [6.45, 7) is 1.88. The molecule has 4 heteroatoms. The molecule has 0 aliphatic carbocycles. The minimum atomic E-state index is 0.483. The second kappa shape index (κ2) is 3.13. The van der Waals surface area contributed by atoms with Crippen molar-refractivity contribution in [2.75, 3.05) is 0 Å². The highest BCUT2D eigenvalue weighted by Gasteiger charge is 2.09. The molecule has 3 aromatic rings. The van der Waals surface area contributed by atoms with E-state index in [9.17, 15) is 4.79 Å². The highest BCUT2D eigenvalue weighted by Crippen LogP contribution is 2.19. The average molecular weight is 211 g/mol. The fraction of sp³-hybridized carbons (Fsp3) is 0.0833. The van der Waals surface area contributed by atoms with Crippen molar-refractivity contribution in [1.82, 2.24) is 14.4 Å². The number of carbonyl (C=O) groups is 1. The maximum absolute atomic E-state index is 10.8. The third-order valence-electron chi connectivity index (χ3n) is 2.76. The summed E-state index contributed by atoms with van der Waals surface area (Å²) < 4.78 is 1.91. The average Bonchev–Trinajstić information content (AvgIpc) is 2.67. The van der Waals surface area contributed by atoms with Gasteiger partial charge >= 0.3 is 0 Å². The quantitative estimate of drug-likeness (QED) is 0.578. The first-order chi connectivity index (χ1) is 7.81. The Kier molecular flexibility index (Phi) is 1.77. The summed E-state index contributed by atoms with van der Waals surface area (Å²) in [5.41, 5.74) is 3.01. The van der Waals surface area contributed by atoms with Gasteiger partial charge in [-0.1, -0.05) is 0 Å². The summed E-state index contributed by atoms with van der Waals surface area (Å²) in [5, 5.41) is 0.959. The number of carbonyl (C=O) groups excluding carboxylic acids is 1. The lowest BCUT2D eigenvalue weighted by molar-refractivity contribution is 0.111. The molecule has 0 unspecified atom stereocenters. The number of aldehydes is 1. The van der Waals surface area contributed by atoms with Gasteiger partial charge in [0, 0.05) is 17.8 Å². The molecular weight excluding hydrogens is 202 g/mol. The zero-order valence-electron chi connectivity index (χ0n) is 8.71. The van der Waals surface area contributed by atoms with Gasteiger partial charge < -0.3 is 4.40 Å². The molecule has 0 N–H and O–H groups in total. The number of rotatable bonds is 1. The lowest BCUT2D eigenvalue weighted by Gasteiger charge is -1.99. The van der Waals surface area contributed by atoms with E-state index in [1.165, 1.54) is 0 Å². The molecule has 0 atom stereocenters. The molecule has 0 saturated carbocycles. The van der Waals surface area contributed by atoms with Crippen molar-refractivity contribution in [1.29, 1.82) is 0 Å². The van der Waals surface area contributed by atoms with Gasteiger partial charge in [-0.05, 0) is 25.1 Å². The molecule has 0 saturated heterocycles. The minimum Gasteiger partial charge on any atom is -0.303 e. The Morgan fingerprint density at radius 1 is 1.38 bits per heavy atom. The first-order valence-corrected chi connectivity index (χ1v) is 4.99. The van der Waals surface area contributed by atoms with Gasteiger partial charge in [-0.15, -0.1) is 0 Å². The van der Waals surface area contributed by atoms with Crippen LogP contribution >= 0.6 is 0 Å². The lowest BCUT2D eigenvalue weighted by atomic mass is 10.2. The molecule has 78 valence electrons. The van der Waals surface area contributed by atoms with E-state index in [-0.39, 0.29) is 0 Å². The fourth-order valence-electron chi connectivity index (χ4n) is 1.90. The molecule has 4 nitrogen and oxygen atoms in total. The second-order valence-corrected chi connectivity index (χ2v) is 3.65. The summed E-state index contributed by atoms with van der Waals surface area (Å²) in [4.78, 5) is 19.4. The van der Waals surface area contributed by atoms with Crippen molar-refractivity contribution in [2.45, 2.75) is 6.92 Å². The third kappa shape index (κ3) is 1.07. The normalized spacial score (nSPS) is 11.1. The van der Waals surface area contributed by atoms with Crippen LogP contribution in [0.3, 0.4) is 0 Å². The predicted octanol–water partition coefficient (Wildman–Crippen LogP) is 2.00. The van der Waals surface area contributed by atoms with Gasteiger partial charge in [0.1, 0.15) is 11.3 Å². The van der Waals surface area contributed by atoms with Crippen LogP contribution in [-0.4, -0.2) is 20.7 Å². The van der Waals surface area contributed by atoms with Gasteiger partial charge in [-0.25, -0.2) is 4.98 Å². The Balaban J connectivity index is 2.56. The van der Waals surface area contributed by atoms with Crippen molar-refractivity contribution < 1.29 is 4.79 Å². The zero-order valence-corrected chi connectivity index (χ0v) is 8.71. The van der Waals surface area contributed by atoms with E-state index >= 15 is 0 Å². The van der Waals surface area contributed by atoms with Crippen molar-refractivity contribution in [3.8, 4) is 0 Å².